The van der Waals surface area contributed by atoms with Gasteiger partial charge in [-0.3, -0.25) is 4.79 Å². The van der Waals surface area contributed by atoms with E-state index in [1.165, 1.54) is 11.8 Å². The van der Waals surface area contributed by atoms with E-state index in [4.69, 9.17) is 9.52 Å². The highest BCUT2D eigenvalue weighted by molar-refractivity contribution is 7.99. The van der Waals surface area contributed by atoms with Gasteiger partial charge in [0.1, 0.15) is 5.82 Å². The summed E-state index contributed by atoms with van der Waals surface area (Å²) in [6.07, 6.45) is 0. The predicted molar refractivity (Wildman–Crippen MR) is 126 cm³/mol. The van der Waals surface area contributed by atoms with Crippen LogP contribution in [0, 0.1) is 6.92 Å². The predicted octanol–water partition coefficient (Wildman–Crippen LogP) is 5.26. The summed E-state index contributed by atoms with van der Waals surface area (Å²) in [5, 5.41) is 16.2. The number of carbonyl (C=O) groups is 1. The number of nitrogens with one attached hydrogen (secondary N) is 1. The van der Waals surface area contributed by atoms with E-state index in [9.17, 15) is 4.79 Å². The van der Waals surface area contributed by atoms with Crippen molar-refractivity contribution in [3.05, 3.63) is 71.9 Å². The largest absolute Gasteiger partial charge is 0.411 e. The van der Waals surface area contributed by atoms with Crippen molar-refractivity contribution in [2.75, 3.05) is 11.1 Å². The summed E-state index contributed by atoms with van der Waals surface area (Å²) in [6.45, 7) is 8.29. The van der Waals surface area contributed by atoms with Crippen LogP contribution in [0.2, 0.25) is 0 Å². The molecule has 0 spiro atoms. The van der Waals surface area contributed by atoms with E-state index in [0.29, 0.717) is 16.9 Å². The minimum absolute atomic E-state index is 0.139. The van der Waals surface area contributed by atoms with Crippen molar-refractivity contribution in [1.82, 2.24) is 20.0 Å². The molecule has 0 atom stereocenters. The number of anilines is 1. The van der Waals surface area contributed by atoms with Crippen LogP contribution < -0.4 is 5.32 Å². The number of benzene rings is 2. The maximum absolute atomic E-state index is 12.7. The molecule has 0 saturated carbocycles. The number of rotatable bonds is 6. The zero-order valence-corrected chi connectivity index (χ0v) is 19.3. The Hall–Kier alpha value is -3.39. The van der Waals surface area contributed by atoms with Crippen molar-refractivity contribution in [1.29, 1.82) is 0 Å². The molecule has 4 rings (SSSR count). The molecule has 0 saturated heterocycles. The SMILES string of the molecule is Cc1ccc(-c2nnc(SCC(=O)Nc3cc(C(C)(C)C)nn3-c3ccccc3)o2)cc1. The van der Waals surface area contributed by atoms with Gasteiger partial charge < -0.3 is 9.73 Å². The molecule has 7 nitrogen and oxygen atoms in total. The summed E-state index contributed by atoms with van der Waals surface area (Å²) < 4.78 is 7.45. The van der Waals surface area contributed by atoms with Crippen LogP contribution in [0.5, 0.6) is 0 Å². The Morgan fingerprint density at radius 3 is 2.47 bits per heavy atom. The first-order valence-corrected chi connectivity index (χ1v) is 11.3. The smallest absolute Gasteiger partial charge is 0.277 e. The van der Waals surface area contributed by atoms with Gasteiger partial charge in [-0.1, -0.05) is 68.4 Å². The van der Waals surface area contributed by atoms with Crippen molar-refractivity contribution >= 4 is 23.5 Å². The number of hydrogen-bond donors (Lipinski definition) is 1. The lowest BCUT2D eigenvalue weighted by Crippen LogP contribution is -2.17. The molecule has 2 heterocycles. The van der Waals surface area contributed by atoms with Gasteiger partial charge in [0.05, 0.1) is 17.1 Å². The van der Waals surface area contributed by atoms with Gasteiger partial charge >= 0.3 is 0 Å². The maximum Gasteiger partial charge on any atom is 0.277 e. The maximum atomic E-state index is 12.7. The van der Waals surface area contributed by atoms with Gasteiger partial charge in [0.15, 0.2) is 0 Å². The second-order valence-corrected chi connectivity index (χ2v) is 9.41. The minimum atomic E-state index is -0.178. The van der Waals surface area contributed by atoms with Crippen molar-refractivity contribution in [2.24, 2.45) is 0 Å². The number of thioether (sulfide) groups is 1. The molecule has 2 aromatic heterocycles. The third-order valence-corrected chi connectivity index (χ3v) is 5.60. The summed E-state index contributed by atoms with van der Waals surface area (Å²) >= 11 is 1.20. The highest BCUT2D eigenvalue weighted by Crippen LogP contribution is 2.27. The van der Waals surface area contributed by atoms with E-state index in [1.807, 2.05) is 67.6 Å². The molecular formula is C24H25N5O2S. The van der Waals surface area contributed by atoms with Crippen LogP contribution in [0.3, 0.4) is 0 Å². The van der Waals surface area contributed by atoms with Gasteiger partial charge in [0.25, 0.3) is 5.22 Å². The fourth-order valence-electron chi connectivity index (χ4n) is 2.99. The molecule has 0 aliphatic carbocycles. The summed E-state index contributed by atoms with van der Waals surface area (Å²) in [4.78, 5) is 12.7. The van der Waals surface area contributed by atoms with Crippen LogP contribution in [0.25, 0.3) is 17.1 Å². The Bertz CT molecular complexity index is 1210. The lowest BCUT2D eigenvalue weighted by molar-refractivity contribution is -0.113. The molecule has 1 N–H and O–H groups in total. The number of hydrogen-bond acceptors (Lipinski definition) is 6. The van der Waals surface area contributed by atoms with Gasteiger partial charge in [-0.2, -0.15) is 5.10 Å². The molecule has 8 heteroatoms. The Morgan fingerprint density at radius 2 is 1.78 bits per heavy atom. The quantitative estimate of drug-likeness (QED) is 0.406. The molecule has 0 fully saturated rings. The molecule has 1 amide bonds. The van der Waals surface area contributed by atoms with Gasteiger partial charge in [-0.15, -0.1) is 10.2 Å². The van der Waals surface area contributed by atoms with Crippen LogP contribution >= 0.6 is 11.8 Å². The number of aryl methyl sites for hydroxylation is 1. The molecule has 32 heavy (non-hydrogen) atoms. The highest BCUT2D eigenvalue weighted by Gasteiger charge is 2.21. The summed E-state index contributed by atoms with van der Waals surface area (Å²) in [5.74, 6) is 1.02. The Morgan fingerprint density at radius 1 is 1.06 bits per heavy atom. The molecule has 4 aromatic rings. The second-order valence-electron chi connectivity index (χ2n) is 8.49. The monoisotopic (exact) mass is 447 g/mol. The van der Waals surface area contributed by atoms with Gasteiger partial charge in [0.2, 0.25) is 11.8 Å². The molecule has 0 unspecified atom stereocenters. The number of nitrogens with zero attached hydrogens (tertiary/aromatic N) is 4. The van der Waals surface area contributed by atoms with Gasteiger partial charge in [0, 0.05) is 17.0 Å². The molecule has 0 radical (unpaired) electrons. The van der Waals surface area contributed by atoms with Crippen LogP contribution in [0.15, 0.2) is 70.3 Å². The minimum Gasteiger partial charge on any atom is -0.411 e. The van der Waals surface area contributed by atoms with Gasteiger partial charge in [-0.25, -0.2) is 4.68 Å². The summed E-state index contributed by atoms with van der Waals surface area (Å²) in [5.41, 5.74) is 3.63. The first-order valence-electron chi connectivity index (χ1n) is 10.3. The molecule has 0 aliphatic rings. The number of amides is 1. The fraction of sp³-hybridized carbons (Fsp3) is 0.250. The van der Waals surface area contributed by atoms with E-state index in [-0.39, 0.29) is 17.1 Å². The highest BCUT2D eigenvalue weighted by atomic mass is 32.2. The summed E-state index contributed by atoms with van der Waals surface area (Å²) in [7, 11) is 0. The molecule has 2 aromatic carbocycles. The van der Waals surface area contributed by atoms with Crippen molar-refractivity contribution in [3.8, 4) is 17.1 Å². The van der Waals surface area contributed by atoms with Crippen LogP contribution in [0.4, 0.5) is 5.82 Å². The molecule has 0 bridgehead atoms. The Labute approximate surface area is 191 Å². The standard InChI is InChI=1S/C24H25N5O2S/c1-16-10-12-17(13-11-16)22-26-27-23(31-22)32-15-21(30)25-20-14-19(24(2,3)4)28-29(20)18-8-6-5-7-9-18/h5-14H,15H2,1-4H3,(H,25,30). The van der Waals surface area contributed by atoms with E-state index < -0.39 is 0 Å². The van der Waals surface area contributed by atoms with Crippen molar-refractivity contribution in [3.63, 3.8) is 0 Å². The molecular weight excluding hydrogens is 422 g/mol. The van der Waals surface area contributed by atoms with E-state index in [0.717, 1.165) is 22.5 Å². The number of aromatic nitrogens is 4. The zero-order valence-electron chi connectivity index (χ0n) is 18.5. The van der Waals surface area contributed by atoms with Crippen molar-refractivity contribution in [2.45, 2.75) is 38.3 Å². The van der Waals surface area contributed by atoms with Crippen molar-refractivity contribution < 1.29 is 9.21 Å². The van der Waals surface area contributed by atoms with E-state index in [2.05, 4.69) is 36.3 Å². The third-order valence-electron chi connectivity index (χ3n) is 4.78. The lowest BCUT2D eigenvalue weighted by Gasteiger charge is -2.14. The number of carbonyl (C=O) groups excluding carboxylic acids is 1. The lowest BCUT2D eigenvalue weighted by atomic mass is 9.92. The number of para-hydroxylation sites is 1. The first-order chi connectivity index (χ1) is 15.3. The van der Waals surface area contributed by atoms with Gasteiger partial charge in [-0.05, 0) is 31.2 Å². The zero-order chi connectivity index (χ0) is 22.7. The van der Waals surface area contributed by atoms with Crippen LogP contribution in [0.1, 0.15) is 32.0 Å². The fourth-order valence-corrected chi connectivity index (χ4v) is 3.55. The Balaban J connectivity index is 1.45. The van der Waals surface area contributed by atoms with E-state index >= 15 is 0 Å². The van der Waals surface area contributed by atoms with Crippen LogP contribution in [-0.4, -0.2) is 31.6 Å². The first kappa shape index (κ1) is 21.8. The average molecular weight is 448 g/mol. The average Bonchev–Trinajstić information content (AvgIpc) is 3.41. The van der Waals surface area contributed by atoms with Crippen LogP contribution in [-0.2, 0) is 10.2 Å². The van der Waals surface area contributed by atoms with E-state index in [1.54, 1.807) is 4.68 Å². The molecule has 0 aliphatic heterocycles. The topological polar surface area (TPSA) is 85.8 Å². The Kier molecular flexibility index (Phi) is 6.14. The molecule has 164 valence electrons. The third kappa shape index (κ3) is 5.08. The summed E-state index contributed by atoms with van der Waals surface area (Å²) in [6, 6.07) is 19.5. The second kappa shape index (κ2) is 9.00. The normalized spacial score (nSPS) is 11.5.